The highest BCUT2D eigenvalue weighted by molar-refractivity contribution is 5.37. The number of aliphatic hydroxyl groups is 1. The summed E-state index contributed by atoms with van der Waals surface area (Å²) in [5.74, 6) is 0. The molecule has 0 saturated carbocycles. The number of hydrogen-bond acceptors (Lipinski definition) is 2. The van der Waals surface area contributed by atoms with Crippen LogP contribution in [0.2, 0.25) is 0 Å². The van der Waals surface area contributed by atoms with Crippen molar-refractivity contribution in [2.24, 2.45) is 0 Å². The Morgan fingerprint density at radius 3 is 3.13 bits per heavy atom. The lowest BCUT2D eigenvalue weighted by Crippen LogP contribution is -2.21. The zero-order chi connectivity index (χ0) is 10.7. The van der Waals surface area contributed by atoms with Crippen molar-refractivity contribution in [1.29, 1.82) is 0 Å². The minimum atomic E-state index is 0.278. The van der Waals surface area contributed by atoms with Gasteiger partial charge in [0.1, 0.15) is 0 Å². The fraction of sp³-hybridized carbons (Fsp3) is 0.538. The first-order valence-corrected chi connectivity index (χ1v) is 5.75. The minimum Gasteiger partial charge on any atom is -0.396 e. The first-order valence-electron chi connectivity index (χ1n) is 5.75. The zero-order valence-corrected chi connectivity index (χ0v) is 9.29. The van der Waals surface area contributed by atoms with E-state index in [4.69, 9.17) is 5.11 Å². The summed E-state index contributed by atoms with van der Waals surface area (Å²) in [6, 6.07) is 7.23. The first kappa shape index (κ1) is 10.7. The van der Waals surface area contributed by atoms with Gasteiger partial charge in [-0.15, -0.1) is 0 Å². The highest BCUT2D eigenvalue weighted by atomic mass is 16.3. The minimum absolute atomic E-state index is 0.278. The Morgan fingerprint density at radius 1 is 1.47 bits per heavy atom. The number of aliphatic hydroxyl groups excluding tert-OH is 1. The molecule has 2 rings (SSSR count). The number of fused-ring (bicyclic) bond motifs is 1. The van der Waals surface area contributed by atoms with E-state index < -0.39 is 0 Å². The molecule has 1 aromatic rings. The Morgan fingerprint density at radius 2 is 2.33 bits per heavy atom. The molecule has 0 amide bonds. The van der Waals surface area contributed by atoms with E-state index in [1.165, 1.54) is 29.5 Å². The predicted molar refractivity (Wildman–Crippen MR) is 61.9 cm³/mol. The van der Waals surface area contributed by atoms with Crippen molar-refractivity contribution in [3.63, 3.8) is 0 Å². The van der Waals surface area contributed by atoms with Crippen LogP contribution in [0.3, 0.4) is 0 Å². The highest BCUT2D eigenvalue weighted by Crippen LogP contribution is 2.31. The summed E-state index contributed by atoms with van der Waals surface area (Å²) >= 11 is 0. The van der Waals surface area contributed by atoms with Crippen LogP contribution in [0.4, 0.5) is 0 Å². The maximum absolute atomic E-state index is 8.74. The van der Waals surface area contributed by atoms with Gasteiger partial charge in [-0.05, 0) is 43.9 Å². The van der Waals surface area contributed by atoms with Crippen molar-refractivity contribution in [1.82, 2.24) is 5.32 Å². The molecule has 0 radical (unpaired) electrons. The van der Waals surface area contributed by atoms with Crippen LogP contribution in [0.5, 0.6) is 0 Å². The van der Waals surface area contributed by atoms with Crippen LogP contribution in [-0.4, -0.2) is 18.3 Å². The molecule has 2 heteroatoms. The van der Waals surface area contributed by atoms with Crippen LogP contribution in [0.15, 0.2) is 18.2 Å². The lowest BCUT2D eigenvalue weighted by molar-refractivity contribution is 0.283. The molecule has 0 fully saturated rings. The van der Waals surface area contributed by atoms with E-state index in [-0.39, 0.29) is 6.61 Å². The Hall–Kier alpha value is -0.860. The van der Waals surface area contributed by atoms with Crippen molar-refractivity contribution in [2.75, 3.05) is 13.2 Å². The van der Waals surface area contributed by atoms with Crippen LogP contribution in [0.1, 0.15) is 35.6 Å². The molecule has 15 heavy (non-hydrogen) atoms. The van der Waals surface area contributed by atoms with Crippen LogP contribution < -0.4 is 5.32 Å². The van der Waals surface area contributed by atoms with Crippen LogP contribution in [0, 0.1) is 6.92 Å². The number of benzene rings is 1. The average Bonchev–Trinajstić information content (AvgIpc) is 2.62. The van der Waals surface area contributed by atoms with E-state index >= 15 is 0 Å². The topological polar surface area (TPSA) is 32.3 Å². The highest BCUT2D eigenvalue weighted by Gasteiger charge is 2.21. The Balaban J connectivity index is 2.03. The summed E-state index contributed by atoms with van der Waals surface area (Å²) in [6.07, 6.45) is 3.23. The smallest absolute Gasteiger partial charge is 0.0443 e. The largest absolute Gasteiger partial charge is 0.396 e. The third-order valence-corrected chi connectivity index (χ3v) is 3.10. The lowest BCUT2D eigenvalue weighted by atomic mass is 10.1. The molecule has 0 bridgehead atoms. The molecule has 1 aromatic carbocycles. The zero-order valence-electron chi connectivity index (χ0n) is 9.29. The summed E-state index contributed by atoms with van der Waals surface area (Å²) in [5.41, 5.74) is 4.29. The third kappa shape index (κ3) is 2.39. The monoisotopic (exact) mass is 205 g/mol. The fourth-order valence-electron chi connectivity index (χ4n) is 2.29. The third-order valence-electron chi connectivity index (χ3n) is 3.10. The molecule has 82 valence electrons. The molecular weight excluding hydrogens is 186 g/mol. The summed E-state index contributed by atoms with van der Waals surface area (Å²) in [6.45, 7) is 3.33. The van der Waals surface area contributed by atoms with Gasteiger partial charge in [-0.1, -0.05) is 23.8 Å². The van der Waals surface area contributed by atoms with Gasteiger partial charge in [0.2, 0.25) is 0 Å². The fourth-order valence-corrected chi connectivity index (χ4v) is 2.29. The van der Waals surface area contributed by atoms with Crippen molar-refractivity contribution in [2.45, 2.75) is 32.2 Å². The van der Waals surface area contributed by atoms with Gasteiger partial charge in [-0.25, -0.2) is 0 Å². The lowest BCUT2D eigenvalue weighted by Gasteiger charge is -2.13. The maximum Gasteiger partial charge on any atom is 0.0443 e. The molecule has 1 atom stereocenters. The summed E-state index contributed by atoms with van der Waals surface area (Å²) in [7, 11) is 0. The Kier molecular flexibility index (Phi) is 3.39. The number of hydrogen-bond donors (Lipinski definition) is 2. The summed E-state index contributed by atoms with van der Waals surface area (Å²) in [4.78, 5) is 0. The normalized spacial score (nSPS) is 19.2. The van der Waals surface area contributed by atoms with Crippen molar-refractivity contribution in [3.05, 3.63) is 34.9 Å². The Labute approximate surface area is 91.3 Å². The second kappa shape index (κ2) is 4.77. The number of aryl methyl sites for hydroxylation is 2. The van der Waals surface area contributed by atoms with E-state index in [1.807, 2.05) is 0 Å². The van der Waals surface area contributed by atoms with Gasteiger partial charge in [0, 0.05) is 12.6 Å². The van der Waals surface area contributed by atoms with Gasteiger partial charge >= 0.3 is 0 Å². The second-order valence-corrected chi connectivity index (χ2v) is 4.32. The number of nitrogens with one attached hydrogen (secondary N) is 1. The SMILES string of the molecule is Cc1ccc2c(c1)[C@H](NCCCO)CC2. The molecule has 2 N–H and O–H groups in total. The van der Waals surface area contributed by atoms with E-state index in [1.54, 1.807) is 0 Å². The standard InChI is InChI=1S/C13H19NO/c1-10-3-4-11-5-6-13(12(11)9-10)14-7-2-8-15/h3-4,9,13-15H,2,5-8H2,1H3/t13-/m1/s1. The molecule has 0 spiro atoms. The van der Waals surface area contributed by atoms with Gasteiger partial charge in [-0.2, -0.15) is 0 Å². The molecule has 2 nitrogen and oxygen atoms in total. The van der Waals surface area contributed by atoms with Crippen molar-refractivity contribution in [3.8, 4) is 0 Å². The Bertz CT molecular complexity index is 335. The summed E-state index contributed by atoms with van der Waals surface area (Å²) in [5, 5.41) is 12.2. The van der Waals surface area contributed by atoms with Gasteiger partial charge < -0.3 is 10.4 Å². The second-order valence-electron chi connectivity index (χ2n) is 4.32. The van der Waals surface area contributed by atoms with Crippen molar-refractivity contribution >= 4 is 0 Å². The molecule has 0 saturated heterocycles. The molecular formula is C13H19NO. The van der Waals surface area contributed by atoms with Gasteiger partial charge in [0.15, 0.2) is 0 Å². The molecule has 1 aliphatic carbocycles. The average molecular weight is 205 g/mol. The molecule has 1 aliphatic rings. The van der Waals surface area contributed by atoms with Gasteiger partial charge in [0.05, 0.1) is 0 Å². The maximum atomic E-state index is 8.74. The van der Waals surface area contributed by atoms with Crippen LogP contribution in [0.25, 0.3) is 0 Å². The van der Waals surface area contributed by atoms with Crippen LogP contribution in [-0.2, 0) is 6.42 Å². The van der Waals surface area contributed by atoms with Crippen molar-refractivity contribution < 1.29 is 5.11 Å². The molecule has 0 aromatic heterocycles. The predicted octanol–water partition coefficient (Wildman–Crippen LogP) is 1.95. The molecule has 0 aliphatic heterocycles. The van der Waals surface area contributed by atoms with Crippen LogP contribution >= 0.6 is 0 Å². The molecule has 0 unspecified atom stereocenters. The quantitative estimate of drug-likeness (QED) is 0.736. The first-order chi connectivity index (χ1) is 7.31. The molecule has 0 heterocycles. The van der Waals surface area contributed by atoms with E-state index in [2.05, 4.69) is 30.4 Å². The summed E-state index contributed by atoms with van der Waals surface area (Å²) < 4.78 is 0. The van der Waals surface area contributed by atoms with Gasteiger partial charge in [-0.3, -0.25) is 0 Å². The van der Waals surface area contributed by atoms with Gasteiger partial charge in [0.25, 0.3) is 0 Å². The van der Waals surface area contributed by atoms with E-state index in [0.717, 1.165) is 13.0 Å². The van der Waals surface area contributed by atoms with E-state index in [9.17, 15) is 0 Å². The number of rotatable bonds is 4. The van der Waals surface area contributed by atoms with E-state index in [0.29, 0.717) is 6.04 Å².